The van der Waals surface area contributed by atoms with Crippen molar-refractivity contribution < 1.29 is 0 Å². The van der Waals surface area contributed by atoms with E-state index >= 15 is 0 Å². The lowest BCUT2D eigenvalue weighted by atomic mass is 9.91. The van der Waals surface area contributed by atoms with Crippen LogP contribution >= 0.6 is 11.6 Å². The summed E-state index contributed by atoms with van der Waals surface area (Å²) in [6.45, 7) is 0.349. The Hall–Kier alpha value is -2.58. The van der Waals surface area contributed by atoms with Gasteiger partial charge in [-0.1, -0.05) is 42.6 Å². The minimum Gasteiger partial charge on any atom is -0.351 e. The number of halogens is 1. The summed E-state index contributed by atoms with van der Waals surface area (Å²) in [5.41, 5.74) is 6.82. The average Bonchev–Trinajstić information content (AvgIpc) is 3.02. The number of imidazole rings is 1. The first-order chi connectivity index (χ1) is 13.5. The molecule has 0 spiro atoms. The van der Waals surface area contributed by atoms with Crippen LogP contribution in [0.3, 0.4) is 0 Å². The van der Waals surface area contributed by atoms with Gasteiger partial charge in [0.25, 0.3) is 5.56 Å². The van der Waals surface area contributed by atoms with Gasteiger partial charge in [-0.05, 0) is 24.5 Å². The fourth-order valence-electron chi connectivity index (χ4n) is 3.80. The number of nitrogens with zero attached hydrogens (tertiary/aromatic N) is 3. The smallest absolute Gasteiger partial charge is 0.329 e. The highest BCUT2D eigenvalue weighted by molar-refractivity contribution is 6.31. The van der Waals surface area contributed by atoms with Crippen molar-refractivity contribution in [2.45, 2.75) is 44.3 Å². The summed E-state index contributed by atoms with van der Waals surface area (Å²) in [5, 5.41) is 4.02. The van der Waals surface area contributed by atoms with Gasteiger partial charge in [0.15, 0.2) is 11.2 Å². The standard InChI is InChI=1S/C19H23ClN6O2/c1-25-16-15(17(27)24-19(25)28)26(10-11-6-2-3-7-12(11)20)18(23-16)22-14-9-5-4-8-13(14)21/h2-3,6-7,13-14H,4-5,8-10,21H2,1H3,(H,22,23)(H,24,27,28)/t13-,14-/m0/s1. The van der Waals surface area contributed by atoms with Crippen molar-refractivity contribution in [2.75, 3.05) is 5.32 Å². The molecule has 1 aliphatic carbocycles. The Kier molecular flexibility index (Phi) is 4.99. The Balaban J connectivity index is 1.86. The molecule has 4 rings (SSSR count). The van der Waals surface area contributed by atoms with Crippen molar-refractivity contribution in [3.63, 3.8) is 0 Å². The summed E-state index contributed by atoms with van der Waals surface area (Å²) in [4.78, 5) is 31.6. The van der Waals surface area contributed by atoms with E-state index in [4.69, 9.17) is 17.3 Å². The molecule has 2 aromatic heterocycles. The number of aromatic nitrogens is 4. The summed E-state index contributed by atoms with van der Waals surface area (Å²) in [7, 11) is 1.59. The highest BCUT2D eigenvalue weighted by atomic mass is 35.5. The summed E-state index contributed by atoms with van der Waals surface area (Å²) >= 11 is 6.34. The van der Waals surface area contributed by atoms with E-state index in [-0.39, 0.29) is 12.1 Å². The zero-order valence-corrected chi connectivity index (χ0v) is 16.4. The van der Waals surface area contributed by atoms with E-state index in [1.807, 2.05) is 18.2 Å². The van der Waals surface area contributed by atoms with E-state index < -0.39 is 11.2 Å². The molecule has 0 radical (unpaired) electrons. The molecule has 0 saturated heterocycles. The molecule has 0 bridgehead atoms. The zero-order chi connectivity index (χ0) is 19.8. The Bertz CT molecular complexity index is 1130. The lowest BCUT2D eigenvalue weighted by Gasteiger charge is -2.29. The lowest BCUT2D eigenvalue weighted by molar-refractivity contribution is 0.401. The molecule has 3 aromatic rings. The Morgan fingerprint density at radius 3 is 2.79 bits per heavy atom. The summed E-state index contributed by atoms with van der Waals surface area (Å²) in [6.07, 6.45) is 4.09. The fraction of sp³-hybridized carbons (Fsp3) is 0.421. The number of rotatable bonds is 4. The number of aryl methyl sites for hydroxylation is 1. The molecule has 1 fully saturated rings. The Labute approximate surface area is 166 Å². The predicted molar refractivity (Wildman–Crippen MR) is 110 cm³/mol. The number of hydrogen-bond donors (Lipinski definition) is 3. The van der Waals surface area contributed by atoms with E-state index in [0.717, 1.165) is 31.2 Å². The van der Waals surface area contributed by atoms with Crippen molar-refractivity contribution in [1.29, 1.82) is 0 Å². The van der Waals surface area contributed by atoms with Crippen LogP contribution < -0.4 is 22.3 Å². The van der Waals surface area contributed by atoms with Crippen LogP contribution in [0.25, 0.3) is 11.2 Å². The first-order valence-electron chi connectivity index (χ1n) is 9.41. The van der Waals surface area contributed by atoms with E-state index in [1.54, 1.807) is 17.7 Å². The molecule has 1 aliphatic rings. The minimum absolute atomic E-state index is 0.0180. The third-order valence-corrected chi connectivity index (χ3v) is 5.80. The Morgan fingerprint density at radius 1 is 1.29 bits per heavy atom. The summed E-state index contributed by atoms with van der Waals surface area (Å²) in [6, 6.07) is 7.54. The van der Waals surface area contributed by atoms with Crippen molar-refractivity contribution >= 4 is 28.7 Å². The molecule has 0 aliphatic heterocycles. The maximum Gasteiger partial charge on any atom is 0.329 e. The molecule has 1 aromatic carbocycles. The van der Waals surface area contributed by atoms with Gasteiger partial charge < -0.3 is 11.1 Å². The molecular formula is C19H23ClN6O2. The number of nitrogens with one attached hydrogen (secondary N) is 2. The fourth-order valence-corrected chi connectivity index (χ4v) is 4.00. The highest BCUT2D eigenvalue weighted by Crippen LogP contribution is 2.25. The number of benzene rings is 1. The van der Waals surface area contributed by atoms with Crippen LogP contribution in [0.4, 0.5) is 5.95 Å². The van der Waals surface area contributed by atoms with Gasteiger partial charge >= 0.3 is 5.69 Å². The molecule has 8 nitrogen and oxygen atoms in total. The van der Waals surface area contributed by atoms with E-state index in [0.29, 0.717) is 28.7 Å². The normalized spacial score (nSPS) is 19.8. The van der Waals surface area contributed by atoms with Gasteiger partial charge in [-0.3, -0.25) is 18.9 Å². The monoisotopic (exact) mass is 402 g/mol. The van der Waals surface area contributed by atoms with Crippen molar-refractivity contribution in [3.8, 4) is 0 Å². The molecule has 148 valence electrons. The molecule has 0 amide bonds. The summed E-state index contributed by atoms with van der Waals surface area (Å²) in [5.74, 6) is 0.518. The van der Waals surface area contributed by atoms with Gasteiger partial charge in [0, 0.05) is 24.2 Å². The molecule has 2 heterocycles. The van der Waals surface area contributed by atoms with Crippen molar-refractivity contribution in [2.24, 2.45) is 12.8 Å². The van der Waals surface area contributed by atoms with Crippen LogP contribution in [-0.4, -0.2) is 31.2 Å². The maximum absolute atomic E-state index is 12.6. The molecule has 0 unspecified atom stereocenters. The van der Waals surface area contributed by atoms with E-state index in [1.165, 1.54) is 4.57 Å². The second kappa shape index (κ2) is 7.44. The number of H-pyrrole nitrogens is 1. The van der Waals surface area contributed by atoms with Crippen LogP contribution in [0.2, 0.25) is 5.02 Å². The number of anilines is 1. The largest absolute Gasteiger partial charge is 0.351 e. The molecule has 9 heteroatoms. The maximum atomic E-state index is 12.6. The molecule has 28 heavy (non-hydrogen) atoms. The van der Waals surface area contributed by atoms with Crippen LogP contribution in [0.15, 0.2) is 33.9 Å². The van der Waals surface area contributed by atoms with Gasteiger partial charge in [0.1, 0.15) is 0 Å². The first kappa shape index (κ1) is 18.8. The second-order valence-electron chi connectivity index (χ2n) is 7.30. The van der Waals surface area contributed by atoms with Crippen LogP contribution in [0.5, 0.6) is 0 Å². The lowest BCUT2D eigenvalue weighted by Crippen LogP contribution is -2.43. The SMILES string of the molecule is Cn1c(=O)[nH]c(=O)c2c1nc(N[C@H]1CCCC[C@@H]1N)n2Cc1ccccc1Cl. The molecule has 1 saturated carbocycles. The van der Waals surface area contributed by atoms with Gasteiger partial charge in [0.2, 0.25) is 5.95 Å². The number of fused-ring (bicyclic) bond motifs is 1. The topological polar surface area (TPSA) is 111 Å². The van der Waals surface area contributed by atoms with Gasteiger partial charge in [0.05, 0.1) is 6.54 Å². The van der Waals surface area contributed by atoms with E-state index in [9.17, 15) is 9.59 Å². The van der Waals surface area contributed by atoms with Crippen molar-refractivity contribution in [3.05, 3.63) is 55.7 Å². The Morgan fingerprint density at radius 2 is 2.04 bits per heavy atom. The molecule has 2 atom stereocenters. The number of hydrogen-bond acceptors (Lipinski definition) is 5. The molecule has 4 N–H and O–H groups in total. The van der Waals surface area contributed by atoms with E-state index in [2.05, 4.69) is 15.3 Å². The number of nitrogens with two attached hydrogens (primary N) is 1. The van der Waals surface area contributed by atoms with Crippen LogP contribution in [0.1, 0.15) is 31.2 Å². The van der Waals surface area contributed by atoms with Gasteiger partial charge in [-0.25, -0.2) is 4.79 Å². The third kappa shape index (κ3) is 3.33. The number of aromatic amines is 1. The average molecular weight is 403 g/mol. The van der Waals surface area contributed by atoms with Gasteiger partial charge in [-0.15, -0.1) is 0 Å². The van der Waals surface area contributed by atoms with Crippen molar-refractivity contribution in [1.82, 2.24) is 19.1 Å². The zero-order valence-electron chi connectivity index (χ0n) is 15.6. The third-order valence-electron chi connectivity index (χ3n) is 5.43. The minimum atomic E-state index is -0.499. The van der Waals surface area contributed by atoms with Crippen LogP contribution in [-0.2, 0) is 13.6 Å². The quantitative estimate of drug-likeness (QED) is 0.616. The van der Waals surface area contributed by atoms with Crippen LogP contribution in [0, 0.1) is 0 Å². The molecular weight excluding hydrogens is 380 g/mol. The predicted octanol–water partition coefficient (Wildman–Crippen LogP) is 1.81. The second-order valence-corrected chi connectivity index (χ2v) is 7.71. The van der Waals surface area contributed by atoms with Gasteiger partial charge in [-0.2, -0.15) is 4.98 Å². The highest BCUT2D eigenvalue weighted by Gasteiger charge is 2.25. The summed E-state index contributed by atoms with van der Waals surface area (Å²) < 4.78 is 3.11. The first-order valence-corrected chi connectivity index (χ1v) is 9.78.